The fourth-order valence-corrected chi connectivity index (χ4v) is 3.35. The number of urea groups is 1. The minimum atomic E-state index is -4.60. The number of carbonyl (C=O) groups excluding carboxylic acids is 1. The molecule has 2 amide bonds. The molecule has 0 aliphatic carbocycles. The number of aryl methyl sites for hydroxylation is 1. The van der Waals surface area contributed by atoms with Crippen molar-refractivity contribution in [2.75, 3.05) is 17.7 Å². The number of nitrogens with zero attached hydrogens (tertiary/aromatic N) is 3. The number of halogens is 3. The van der Waals surface area contributed by atoms with Crippen molar-refractivity contribution in [2.24, 2.45) is 0 Å². The maximum Gasteiger partial charge on any atom is 0.433 e. The summed E-state index contributed by atoms with van der Waals surface area (Å²) in [5.41, 5.74) is 0.463. The minimum Gasteiger partial charge on any atom is -0.377 e. The third-order valence-electron chi connectivity index (χ3n) is 3.89. The number of rotatable bonds is 4. The molecule has 0 fully saturated rings. The molecule has 7 nitrogen and oxygen atoms in total. The van der Waals surface area contributed by atoms with Gasteiger partial charge < -0.3 is 15.4 Å². The average Bonchev–Trinajstić information content (AvgIpc) is 3.00. The molecule has 1 atom stereocenters. The van der Waals surface area contributed by atoms with Crippen molar-refractivity contribution in [3.05, 3.63) is 40.8 Å². The van der Waals surface area contributed by atoms with Gasteiger partial charge in [0.05, 0.1) is 23.0 Å². The fraction of sp³-hybridized carbons (Fsp3) is 0.294. The predicted molar refractivity (Wildman–Crippen MR) is 99.5 cm³/mol. The van der Waals surface area contributed by atoms with Gasteiger partial charge in [-0.05, 0) is 26.0 Å². The Kier molecular flexibility index (Phi) is 5.47. The number of aromatic nitrogens is 3. The Morgan fingerprint density at radius 2 is 2.04 bits per heavy atom. The molecule has 2 N–H and O–H groups in total. The van der Waals surface area contributed by atoms with Crippen LogP contribution in [0.25, 0.3) is 10.3 Å². The van der Waals surface area contributed by atoms with Crippen LogP contribution in [0.3, 0.4) is 0 Å². The minimum absolute atomic E-state index is 0.0419. The van der Waals surface area contributed by atoms with E-state index >= 15 is 0 Å². The van der Waals surface area contributed by atoms with Crippen molar-refractivity contribution in [3.8, 4) is 0 Å². The van der Waals surface area contributed by atoms with Crippen LogP contribution in [0.1, 0.15) is 29.3 Å². The molecule has 0 saturated carbocycles. The lowest BCUT2D eigenvalue weighted by atomic mass is 10.1. The zero-order valence-corrected chi connectivity index (χ0v) is 15.9. The SMILES string of the molecule is COC(C)c1c(NC(=O)Nc2ccnc(C(F)(F)F)c2)cnc2sc(C)nc12. The highest BCUT2D eigenvalue weighted by Gasteiger charge is 2.32. The second-order valence-corrected chi connectivity index (χ2v) is 7.04. The summed E-state index contributed by atoms with van der Waals surface area (Å²) >= 11 is 1.41. The molecular weight excluding hydrogens is 395 g/mol. The van der Waals surface area contributed by atoms with E-state index in [1.165, 1.54) is 30.7 Å². The van der Waals surface area contributed by atoms with Crippen LogP contribution in [0.5, 0.6) is 0 Å². The van der Waals surface area contributed by atoms with Crippen molar-refractivity contribution in [3.63, 3.8) is 0 Å². The number of hydrogen-bond acceptors (Lipinski definition) is 6. The van der Waals surface area contributed by atoms with E-state index < -0.39 is 17.9 Å². The first kappa shape index (κ1) is 20.0. The molecule has 0 saturated heterocycles. The molecule has 148 valence electrons. The van der Waals surface area contributed by atoms with Crippen LogP contribution >= 0.6 is 11.3 Å². The maximum atomic E-state index is 12.8. The molecule has 3 heterocycles. The van der Waals surface area contributed by atoms with Crippen molar-refractivity contribution in [1.82, 2.24) is 15.0 Å². The third kappa shape index (κ3) is 4.20. The topological polar surface area (TPSA) is 89.0 Å². The number of hydrogen-bond donors (Lipinski definition) is 2. The van der Waals surface area contributed by atoms with Gasteiger partial charge in [0.15, 0.2) is 0 Å². The number of thiazole rings is 1. The maximum absolute atomic E-state index is 12.8. The highest BCUT2D eigenvalue weighted by atomic mass is 32.1. The van der Waals surface area contributed by atoms with E-state index in [1.54, 1.807) is 6.92 Å². The van der Waals surface area contributed by atoms with Gasteiger partial charge in [0.25, 0.3) is 0 Å². The molecule has 0 aromatic carbocycles. The smallest absolute Gasteiger partial charge is 0.377 e. The van der Waals surface area contributed by atoms with E-state index in [1.807, 2.05) is 6.92 Å². The molecule has 0 aliphatic rings. The normalized spacial score (nSPS) is 12.8. The lowest BCUT2D eigenvalue weighted by Gasteiger charge is -2.16. The number of amides is 2. The number of ether oxygens (including phenoxy) is 1. The number of carbonyl (C=O) groups is 1. The zero-order valence-electron chi connectivity index (χ0n) is 15.1. The zero-order chi connectivity index (χ0) is 20.5. The Hall–Kier alpha value is -2.79. The molecule has 0 spiro atoms. The Morgan fingerprint density at radius 3 is 2.71 bits per heavy atom. The van der Waals surface area contributed by atoms with Gasteiger partial charge in [-0.25, -0.2) is 14.8 Å². The lowest BCUT2D eigenvalue weighted by molar-refractivity contribution is -0.141. The van der Waals surface area contributed by atoms with E-state index in [-0.39, 0.29) is 11.8 Å². The second kappa shape index (κ2) is 7.68. The van der Waals surface area contributed by atoms with Crippen molar-refractivity contribution in [2.45, 2.75) is 26.1 Å². The van der Waals surface area contributed by atoms with E-state index in [0.717, 1.165) is 17.3 Å². The van der Waals surface area contributed by atoms with Crippen LogP contribution in [-0.4, -0.2) is 28.1 Å². The van der Waals surface area contributed by atoms with Gasteiger partial charge in [0.1, 0.15) is 16.0 Å². The first-order valence-electron chi connectivity index (χ1n) is 8.09. The summed E-state index contributed by atoms with van der Waals surface area (Å²) < 4.78 is 43.7. The Bertz CT molecular complexity index is 1020. The molecule has 11 heteroatoms. The molecule has 0 radical (unpaired) electrons. The Labute approximate surface area is 162 Å². The summed E-state index contributed by atoms with van der Waals surface area (Å²) in [5, 5.41) is 5.78. The van der Waals surface area contributed by atoms with Crippen LogP contribution < -0.4 is 10.6 Å². The summed E-state index contributed by atoms with van der Waals surface area (Å²) in [6, 6.07) is 1.29. The predicted octanol–water partition coefficient (Wildman–Crippen LogP) is 4.76. The molecule has 0 bridgehead atoms. The van der Waals surface area contributed by atoms with Crippen molar-refractivity contribution >= 4 is 39.1 Å². The number of anilines is 2. The lowest BCUT2D eigenvalue weighted by Crippen LogP contribution is -2.21. The van der Waals surface area contributed by atoms with Crippen LogP contribution in [0.15, 0.2) is 24.5 Å². The Balaban J connectivity index is 1.87. The van der Waals surface area contributed by atoms with E-state index in [9.17, 15) is 18.0 Å². The molecule has 3 rings (SSSR count). The van der Waals surface area contributed by atoms with Gasteiger partial charge in [-0.15, -0.1) is 0 Å². The van der Waals surface area contributed by atoms with Gasteiger partial charge in [0.2, 0.25) is 0 Å². The third-order valence-corrected chi connectivity index (χ3v) is 4.77. The quantitative estimate of drug-likeness (QED) is 0.646. The number of alkyl halides is 3. The first-order valence-corrected chi connectivity index (χ1v) is 8.90. The number of methoxy groups -OCH3 is 1. The standard InChI is InChI=1S/C17H16F3N5O2S/c1-8(27-3)13-11(7-22-15-14(13)23-9(2)28-15)25-16(26)24-10-4-5-21-12(6-10)17(18,19)20/h4-8H,1-3H3,(H2,21,24,25,26). The molecule has 28 heavy (non-hydrogen) atoms. The number of nitrogens with one attached hydrogen (secondary N) is 2. The van der Waals surface area contributed by atoms with Crippen LogP contribution in [0.4, 0.5) is 29.3 Å². The van der Waals surface area contributed by atoms with Crippen molar-refractivity contribution < 1.29 is 22.7 Å². The summed E-state index contributed by atoms with van der Waals surface area (Å²) in [5.74, 6) is 0. The summed E-state index contributed by atoms with van der Waals surface area (Å²) in [6.45, 7) is 3.64. The van der Waals surface area contributed by atoms with Crippen LogP contribution in [0, 0.1) is 6.92 Å². The molecule has 3 aromatic rings. The molecule has 3 aromatic heterocycles. The van der Waals surface area contributed by atoms with Crippen LogP contribution in [0.2, 0.25) is 0 Å². The van der Waals surface area contributed by atoms with E-state index in [2.05, 4.69) is 25.6 Å². The molecular formula is C17H16F3N5O2S. The highest BCUT2D eigenvalue weighted by molar-refractivity contribution is 7.18. The first-order chi connectivity index (χ1) is 13.2. The van der Waals surface area contributed by atoms with E-state index in [0.29, 0.717) is 21.6 Å². The largest absolute Gasteiger partial charge is 0.433 e. The summed E-state index contributed by atoms with van der Waals surface area (Å²) in [7, 11) is 1.52. The molecule has 1 unspecified atom stereocenters. The number of pyridine rings is 2. The van der Waals surface area contributed by atoms with Gasteiger partial charge >= 0.3 is 12.2 Å². The average molecular weight is 411 g/mol. The van der Waals surface area contributed by atoms with Gasteiger partial charge in [0, 0.05) is 24.6 Å². The monoisotopic (exact) mass is 411 g/mol. The van der Waals surface area contributed by atoms with Gasteiger partial charge in [-0.3, -0.25) is 4.98 Å². The van der Waals surface area contributed by atoms with Crippen LogP contribution in [-0.2, 0) is 10.9 Å². The molecule has 0 aliphatic heterocycles. The summed E-state index contributed by atoms with van der Waals surface area (Å²) in [4.78, 5) is 25.0. The van der Waals surface area contributed by atoms with Gasteiger partial charge in [-0.1, -0.05) is 11.3 Å². The summed E-state index contributed by atoms with van der Waals surface area (Å²) in [6.07, 6.45) is -2.55. The second-order valence-electron chi connectivity index (χ2n) is 5.86. The highest BCUT2D eigenvalue weighted by Crippen LogP contribution is 2.34. The Morgan fingerprint density at radius 1 is 1.29 bits per heavy atom. The fourth-order valence-electron chi connectivity index (χ4n) is 2.58. The van der Waals surface area contributed by atoms with Gasteiger partial charge in [-0.2, -0.15) is 13.2 Å². The van der Waals surface area contributed by atoms with E-state index in [4.69, 9.17) is 4.74 Å². The number of fused-ring (bicyclic) bond motifs is 1. The van der Waals surface area contributed by atoms with Crippen molar-refractivity contribution in [1.29, 1.82) is 0 Å².